The van der Waals surface area contributed by atoms with E-state index in [1.165, 1.54) is 12.8 Å². The molecule has 2 atom stereocenters. The first-order valence-electron chi connectivity index (χ1n) is 3.65. The second kappa shape index (κ2) is 3.02. The van der Waals surface area contributed by atoms with Crippen LogP contribution in [0, 0.1) is 5.92 Å². The molecule has 0 bridgehead atoms. The zero-order chi connectivity index (χ0) is 6.69. The summed E-state index contributed by atoms with van der Waals surface area (Å²) in [5, 5.41) is 9.13. The fourth-order valence-electron chi connectivity index (χ4n) is 1.24. The molecule has 1 rings (SSSR count). The van der Waals surface area contributed by atoms with Crippen LogP contribution < -0.4 is 0 Å². The van der Waals surface area contributed by atoms with Crippen LogP contribution in [-0.2, 0) is 0 Å². The van der Waals surface area contributed by atoms with Crippen molar-refractivity contribution in [1.29, 1.82) is 0 Å². The van der Waals surface area contributed by atoms with Gasteiger partial charge in [-0.25, -0.2) is 0 Å². The van der Waals surface area contributed by atoms with Gasteiger partial charge in [-0.2, -0.15) is 0 Å². The number of hydrogen-bond acceptors (Lipinski definition) is 1. The van der Waals surface area contributed by atoms with E-state index in [-0.39, 0.29) is 6.10 Å². The molecule has 0 aliphatic heterocycles. The lowest BCUT2D eigenvalue weighted by molar-refractivity contribution is 0.141. The van der Waals surface area contributed by atoms with Crippen molar-refractivity contribution in [2.45, 2.75) is 32.3 Å². The highest BCUT2D eigenvalue weighted by Crippen LogP contribution is 2.19. The Bertz CT molecular complexity index is 105. The second-order valence-electron chi connectivity index (χ2n) is 2.76. The first kappa shape index (κ1) is 6.81. The van der Waals surface area contributed by atoms with Gasteiger partial charge in [0, 0.05) is 5.92 Å². The van der Waals surface area contributed by atoms with Crippen molar-refractivity contribution in [1.82, 2.24) is 0 Å². The van der Waals surface area contributed by atoms with Crippen LogP contribution in [0.2, 0.25) is 0 Å². The summed E-state index contributed by atoms with van der Waals surface area (Å²) in [6.07, 6.45) is 7.75. The van der Waals surface area contributed by atoms with Gasteiger partial charge in [-0.15, -0.1) is 0 Å². The summed E-state index contributed by atoms with van der Waals surface area (Å²) in [6, 6.07) is 0. The molecule has 1 aliphatic rings. The Balaban J connectivity index is 2.40. The van der Waals surface area contributed by atoms with Crippen LogP contribution in [0.3, 0.4) is 0 Å². The summed E-state index contributed by atoms with van der Waals surface area (Å²) in [7, 11) is 0. The van der Waals surface area contributed by atoms with Gasteiger partial charge in [0.2, 0.25) is 0 Å². The molecular weight excluding hydrogens is 112 g/mol. The van der Waals surface area contributed by atoms with Crippen LogP contribution in [0.4, 0.5) is 0 Å². The highest BCUT2D eigenvalue weighted by atomic mass is 16.3. The Kier molecular flexibility index (Phi) is 2.29. The second-order valence-corrected chi connectivity index (χ2v) is 2.76. The van der Waals surface area contributed by atoms with E-state index >= 15 is 0 Å². The van der Waals surface area contributed by atoms with Gasteiger partial charge in [-0.1, -0.05) is 12.2 Å². The van der Waals surface area contributed by atoms with Gasteiger partial charge in [-0.3, -0.25) is 0 Å². The van der Waals surface area contributed by atoms with Crippen LogP contribution in [0.15, 0.2) is 12.2 Å². The summed E-state index contributed by atoms with van der Waals surface area (Å²) >= 11 is 0. The lowest BCUT2D eigenvalue weighted by Gasteiger charge is -2.18. The molecule has 0 aromatic heterocycles. The van der Waals surface area contributed by atoms with Gasteiger partial charge < -0.3 is 5.11 Å². The highest BCUT2D eigenvalue weighted by Gasteiger charge is 2.12. The Labute approximate surface area is 56.4 Å². The zero-order valence-corrected chi connectivity index (χ0v) is 5.88. The molecule has 0 saturated heterocycles. The first-order chi connectivity index (χ1) is 4.30. The number of allylic oxidation sites excluding steroid dienone is 1. The number of aliphatic hydroxyl groups excluding tert-OH is 1. The number of rotatable bonds is 1. The van der Waals surface area contributed by atoms with E-state index in [4.69, 9.17) is 5.11 Å². The van der Waals surface area contributed by atoms with Crippen molar-refractivity contribution in [3.8, 4) is 0 Å². The van der Waals surface area contributed by atoms with Gasteiger partial charge in [0.25, 0.3) is 0 Å². The molecule has 52 valence electrons. The molecule has 9 heavy (non-hydrogen) atoms. The minimum atomic E-state index is -0.151. The van der Waals surface area contributed by atoms with Crippen molar-refractivity contribution in [3.05, 3.63) is 12.2 Å². The molecule has 0 aromatic carbocycles. The smallest absolute Gasteiger partial charge is 0.0574 e. The van der Waals surface area contributed by atoms with Gasteiger partial charge in [0.15, 0.2) is 0 Å². The largest absolute Gasteiger partial charge is 0.393 e. The van der Waals surface area contributed by atoms with E-state index < -0.39 is 0 Å². The molecule has 0 fully saturated rings. The Morgan fingerprint density at radius 2 is 2.44 bits per heavy atom. The van der Waals surface area contributed by atoms with E-state index in [1.807, 2.05) is 6.92 Å². The summed E-state index contributed by atoms with van der Waals surface area (Å²) in [6.45, 7) is 1.86. The van der Waals surface area contributed by atoms with E-state index in [1.54, 1.807) is 0 Å². The molecule has 0 heterocycles. The first-order valence-corrected chi connectivity index (χ1v) is 3.65. The molecule has 1 heteroatoms. The average molecular weight is 126 g/mol. The van der Waals surface area contributed by atoms with Crippen molar-refractivity contribution < 1.29 is 5.11 Å². The molecule has 1 aliphatic carbocycles. The van der Waals surface area contributed by atoms with Crippen LogP contribution in [0.25, 0.3) is 0 Å². The quantitative estimate of drug-likeness (QED) is 0.530. The average Bonchev–Trinajstić information content (AvgIpc) is 1.90. The molecule has 1 nitrogen and oxygen atoms in total. The van der Waals surface area contributed by atoms with Crippen LogP contribution in [0.5, 0.6) is 0 Å². The molecular formula is C8H14O. The summed E-state index contributed by atoms with van der Waals surface area (Å²) < 4.78 is 0. The van der Waals surface area contributed by atoms with Crippen LogP contribution in [0.1, 0.15) is 26.2 Å². The van der Waals surface area contributed by atoms with Gasteiger partial charge in [-0.05, 0) is 26.2 Å². The molecule has 1 N–H and O–H groups in total. The monoisotopic (exact) mass is 126 g/mol. The van der Waals surface area contributed by atoms with Gasteiger partial charge in [0.05, 0.1) is 6.10 Å². The summed E-state index contributed by atoms with van der Waals surface area (Å²) in [4.78, 5) is 0. The standard InChI is InChI=1S/C8H14O/c1-7(9)8-5-3-2-4-6-8/h3,5,7-9H,2,4,6H2,1H3/t7-,8-/m1/s1. The molecule has 0 amide bonds. The van der Waals surface area contributed by atoms with E-state index in [2.05, 4.69) is 12.2 Å². The van der Waals surface area contributed by atoms with Crippen molar-refractivity contribution in [2.24, 2.45) is 5.92 Å². The fourth-order valence-corrected chi connectivity index (χ4v) is 1.24. The molecule has 0 radical (unpaired) electrons. The van der Waals surface area contributed by atoms with E-state index in [9.17, 15) is 0 Å². The van der Waals surface area contributed by atoms with E-state index in [0.29, 0.717) is 5.92 Å². The number of aliphatic hydroxyl groups is 1. The van der Waals surface area contributed by atoms with Crippen molar-refractivity contribution in [3.63, 3.8) is 0 Å². The maximum atomic E-state index is 9.13. The SMILES string of the molecule is C[C@@H](O)[C@@H]1C=CCCC1. The maximum Gasteiger partial charge on any atom is 0.0574 e. The Morgan fingerprint density at radius 3 is 2.78 bits per heavy atom. The third kappa shape index (κ3) is 1.83. The zero-order valence-electron chi connectivity index (χ0n) is 5.88. The summed E-state index contributed by atoms with van der Waals surface area (Å²) in [5.41, 5.74) is 0. The Morgan fingerprint density at radius 1 is 1.67 bits per heavy atom. The maximum absolute atomic E-state index is 9.13. The third-order valence-corrected chi connectivity index (χ3v) is 1.91. The number of hydrogen-bond donors (Lipinski definition) is 1. The third-order valence-electron chi connectivity index (χ3n) is 1.91. The van der Waals surface area contributed by atoms with Crippen molar-refractivity contribution >= 4 is 0 Å². The lowest BCUT2D eigenvalue weighted by Crippen LogP contribution is -2.15. The van der Waals surface area contributed by atoms with Crippen LogP contribution >= 0.6 is 0 Å². The predicted octanol–water partition coefficient (Wildman–Crippen LogP) is 1.72. The minimum Gasteiger partial charge on any atom is -0.393 e. The Hall–Kier alpha value is -0.300. The topological polar surface area (TPSA) is 20.2 Å². The fraction of sp³-hybridized carbons (Fsp3) is 0.750. The van der Waals surface area contributed by atoms with Gasteiger partial charge >= 0.3 is 0 Å². The minimum absolute atomic E-state index is 0.151. The summed E-state index contributed by atoms with van der Waals surface area (Å²) in [5.74, 6) is 0.429. The van der Waals surface area contributed by atoms with E-state index in [0.717, 1.165) is 6.42 Å². The molecule has 0 spiro atoms. The lowest BCUT2D eigenvalue weighted by atomic mass is 9.92. The molecule has 0 aromatic rings. The molecule has 0 unspecified atom stereocenters. The highest BCUT2D eigenvalue weighted by molar-refractivity contribution is 4.94. The predicted molar refractivity (Wildman–Crippen MR) is 38.2 cm³/mol. The van der Waals surface area contributed by atoms with Crippen molar-refractivity contribution in [2.75, 3.05) is 0 Å². The molecule has 0 saturated carbocycles. The van der Waals surface area contributed by atoms with Crippen LogP contribution in [-0.4, -0.2) is 11.2 Å². The van der Waals surface area contributed by atoms with Gasteiger partial charge in [0.1, 0.15) is 0 Å². The normalized spacial score (nSPS) is 30.2.